The molecule has 0 heterocycles. The number of nitrogens with one attached hydrogen (secondary N) is 1. The molecule has 1 atom stereocenters. The van der Waals surface area contributed by atoms with Gasteiger partial charge in [-0.05, 0) is 18.3 Å². The van der Waals surface area contributed by atoms with E-state index < -0.39 is 17.5 Å². The molecule has 0 aromatic heterocycles. The van der Waals surface area contributed by atoms with E-state index in [2.05, 4.69) is 19.2 Å². The molecule has 1 aromatic carbocycles. The van der Waals surface area contributed by atoms with E-state index in [1.807, 2.05) is 0 Å². The van der Waals surface area contributed by atoms with Crippen LogP contribution in [0.15, 0.2) is 12.1 Å². The van der Waals surface area contributed by atoms with Crippen LogP contribution in [0.5, 0.6) is 0 Å². The third-order valence-corrected chi connectivity index (χ3v) is 3.58. The lowest BCUT2D eigenvalue weighted by molar-refractivity contribution is 0.348. The Morgan fingerprint density at radius 3 is 2.53 bits per heavy atom. The largest absolute Gasteiger partial charge is 0.379 e. The lowest BCUT2D eigenvalue weighted by Crippen LogP contribution is -2.31. The highest BCUT2D eigenvalue weighted by atomic mass is 19.2. The van der Waals surface area contributed by atoms with Gasteiger partial charge in [0.1, 0.15) is 5.82 Å². The fraction of sp³-hybridized carbons (Fsp3) is 0.538. The highest BCUT2D eigenvalue weighted by Gasteiger charge is 2.34. The minimum absolute atomic E-state index is 0.0230. The van der Waals surface area contributed by atoms with E-state index in [1.165, 1.54) is 0 Å². The molecule has 4 heteroatoms. The van der Waals surface area contributed by atoms with Crippen molar-refractivity contribution in [1.82, 2.24) is 0 Å². The normalized spacial score (nSPS) is 22.8. The van der Waals surface area contributed by atoms with Crippen LogP contribution in [0.4, 0.5) is 18.9 Å². The van der Waals surface area contributed by atoms with E-state index >= 15 is 0 Å². The standard InChI is InChI=1S/C13H16F3N/c1-13(2)5-3-4-11(13)17-10-7-8(14)6-9(15)12(10)16/h6-7,11,17H,3-5H2,1-2H3. The first-order valence-corrected chi connectivity index (χ1v) is 5.81. The smallest absolute Gasteiger partial charge is 0.182 e. The highest BCUT2D eigenvalue weighted by molar-refractivity contribution is 5.47. The van der Waals surface area contributed by atoms with Crippen molar-refractivity contribution in [1.29, 1.82) is 0 Å². The molecule has 0 aliphatic heterocycles. The first-order valence-electron chi connectivity index (χ1n) is 5.81. The summed E-state index contributed by atoms with van der Waals surface area (Å²) in [6.45, 7) is 4.15. The van der Waals surface area contributed by atoms with Gasteiger partial charge in [0.15, 0.2) is 11.6 Å². The number of benzene rings is 1. The number of anilines is 1. The Hall–Kier alpha value is -1.19. The lowest BCUT2D eigenvalue weighted by atomic mass is 9.87. The van der Waals surface area contributed by atoms with Crippen LogP contribution < -0.4 is 5.32 Å². The van der Waals surface area contributed by atoms with Crippen molar-refractivity contribution < 1.29 is 13.2 Å². The Labute approximate surface area is 99.0 Å². The van der Waals surface area contributed by atoms with Gasteiger partial charge in [0, 0.05) is 18.2 Å². The second kappa shape index (κ2) is 4.24. The summed E-state index contributed by atoms with van der Waals surface area (Å²) < 4.78 is 39.6. The lowest BCUT2D eigenvalue weighted by Gasteiger charge is -2.28. The van der Waals surface area contributed by atoms with Gasteiger partial charge in [0.2, 0.25) is 0 Å². The van der Waals surface area contributed by atoms with E-state index in [9.17, 15) is 13.2 Å². The molecule has 0 spiro atoms. The van der Waals surface area contributed by atoms with Crippen molar-refractivity contribution in [3.63, 3.8) is 0 Å². The van der Waals surface area contributed by atoms with Gasteiger partial charge in [0.25, 0.3) is 0 Å². The molecule has 1 fully saturated rings. The Morgan fingerprint density at radius 2 is 1.94 bits per heavy atom. The second-order valence-electron chi connectivity index (χ2n) is 5.33. The third-order valence-electron chi connectivity index (χ3n) is 3.58. The van der Waals surface area contributed by atoms with E-state index in [1.54, 1.807) is 0 Å². The SMILES string of the molecule is CC1(C)CCCC1Nc1cc(F)cc(F)c1F. The van der Waals surface area contributed by atoms with Gasteiger partial charge >= 0.3 is 0 Å². The molecule has 1 saturated carbocycles. The molecule has 17 heavy (non-hydrogen) atoms. The minimum atomic E-state index is -1.15. The molecule has 1 N–H and O–H groups in total. The van der Waals surface area contributed by atoms with Crippen molar-refractivity contribution in [2.75, 3.05) is 5.32 Å². The van der Waals surface area contributed by atoms with Gasteiger partial charge in [0.05, 0.1) is 5.69 Å². The van der Waals surface area contributed by atoms with Crippen LogP contribution in [0.2, 0.25) is 0 Å². The molecule has 2 rings (SSSR count). The zero-order valence-electron chi connectivity index (χ0n) is 9.99. The summed E-state index contributed by atoms with van der Waals surface area (Å²) in [7, 11) is 0. The molecule has 1 nitrogen and oxygen atoms in total. The molecule has 1 unspecified atom stereocenters. The molecule has 1 aliphatic rings. The molecule has 0 bridgehead atoms. The summed E-state index contributed by atoms with van der Waals surface area (Å²) in [6.07, 6.45) is 2.97. The van der Waals surface area contributed by atoms with Gasteiger partial charge in [-0.25, -0.2) is 13.2 Å². The number of hydrogen-bond donors (Lipinski definition) is 1. The third kappa shape index (κ3) is 2.40. The molecule has 94 valence electrons. The summed E-state index contributed by atoms with van der Waals surface area (Å²) >= 11 is 0. The zero-order chi connectivity index (χ0) is 12.6. The Kier molecular flexibility index (Phi) is 3.06. The second-order valence-corrected chi connectivity index (χ2v) is 5.33. The van der Waals surface area contributed by atoms with Crippen molar-refractivity contribution in [2.24, 2.45) is 5.41 Å². The fourth-order valence-electron chi connectivity index (χ4n) is 2.44. The van der Waals surface area contributed by atoms with Gasteiger partial charge in [-0.15, -0.1) is 0 Å². The van der Waals surface area contributed by atoms with E-state index in [-0.39, 0.29) is 17.1 Å². The van der Waals surface area contributed by atoms with Crippen LogP contribution in [-0.4, -0.2) is 6.04 Å². The van der Waals surface area contributed by atoms with Crippen LogP contribution >= 0.6 is 0 Å². The molecule has 0 saturated heterocycles. The van der Waals surface area contributed by atoms with Gasteiger partial charge < -0.3 is 5.32 Å². The van der Waals surface area contributed by atoms with E-state index in [4.69, 9.17) is 0 Å². The first kappa shape index (κ1) is 12.3. The predicted molar refractivity (Wildman–Crippen MR) is 61.4 cm³/mol. The van der Waals surface area contributed by atoms with Crippen molar-refractivity contribution in [3.8, 4) is 0 Å². The molecule has 0 amide bonds. The summed E-state index contributed by atoms with van der Waals surface area (Å²) in [5.41, 5.74) is -0.0580. The molecule has 1 aromatic rings. The topological polar surface area (TPSA) is 12.0 Å². The minimum Gasteiger partial charge on any atom is -0.379 e. The Balaban J connectivity index is 2.24. The monoisotopic (exact) mass is 243 g/mol. The van der Waals surface area contributed by atoms with Crippen molar-refractivity contribution in [2.45, 2.75) is 39.2 Å². The maximum absolute atomic E-state index is 13.5. The number of hydrogen-bond acceptors (Lipinski definition) is 1. The number of halogens is 3. The summed E-state index contributed by atoms with van der Waals surface area (Å²) in [4.78, 5) is 0. The molecular formula is C13H16F3N. The van der Waals surface area contributed by atoms with Crippen LogP contribution in [0.3, 0.4) is 0 Å². The molecule has 1 aliphatic carbocycles. The fourth-order valence-corrected chi connectivity index (χ4v) is 2.44. The van der Waals surface area contributed by atoms with Crippen molar-refractivity contribution >= 4 is 5.69 Å². The maximum atomic E-state index is 13.5. The van der Waals surface area contributed by atoms with Crippen molar-refractivity contribution in [3.05, 3.63) is 29.6 Å². The van der Waals surface area contributed by atoms with Crippen LogP contribution in [0.25, 0.3) is 0 Å². The average molecular weight is 243 g/mol. The van der Waals surface area contributed by atoms with E-state index in [0.29, 0.717) is 6.07 Å². The molecular weight excluding hydrogens is 227 g/mol. The maximum Gasteiger partial charge on any atom is 0.182 e. The highest BCUT2D eigenvalue weighted by Crippen LogP contribution is 2.39. The van der Waals surface area contributed by atoms with Gasteiger partial charge in [-0.3, -0.25) is 0 Å². The quantitative estimate of drug-likeness (QED) is 0.771. The van der Waals surface area contributed by atoms with Crippen LogP contribution in [0, 0.1) is 22.9 Å². The summed E-state index contributed by atoms with van der Waals surface area (Å²) in [5, 5.41) is 2.93. The predicted octanol–water partition coefficient (Wildman–Crippen LogP) is 4.09. The van der Waals surface area contributed by atoms with Crippen LogP contribution in [0.1, 0.15) is 33.1 Å². The summed E-state index contributed by atoms with van der Waals surface area (Å²) in [5.74, 6) is -2.92. The summed E-state index contributed by atoms with van der Waals surface area (Å²) in [6, 6.07) is 1.62. The van der Waals surface area contributed by atoms with Gasteiger partial charge in [-0.2, -0.15) is 0 Å². The zero-order valence-corrected chi connectivity index (χ0v) is 9.99. The Morgan fingerprint density at radius 1 is 1.24 bits per heavy atom. The first-order chi connectivity index (χ1) is 7.90. The van der Waals surface area contributed by atoms with E-state index in [0.717, 1.165) is 25.3 Å². The van der Waals surface area contributed by atoms with Crippen LogP contribution in [-0.2, 0) is 0 Å². The number of rotatable bonds is 2. The molecule has 0 radical (unpaired) electrons. The Bertz CT molecular complexity index is 429. The van der Waals surface area contributed by atoms with Gasteiger partial charge in [-0.1, -0.05) is 20.3 Å². The average Bonchev–Trinajstić information content (AvgIpc) is 2.54.